The summed E-state index contributed by atoms with van der Waals surface area (Å²) in [6.07, 6.45) is 2.34. The fourth-order valence-corrected chi connectivity index (χ4v) is 3.06. The van der Waals surface area contributed by atoms with Crippen LogP contribution in [0.3, 0.4) is 0 Å². The summed E-state index contributed by atoms with van der Waals surface area (Å²) in [6.45, 7) is 0. The van der Waals surface area contributed by atoms with Gasteiger partial charge < -0.3 is 10.2 Å². The highest BCUT2D eigenvalue weighted by Crippen LogP contribution is 2.37. The smallest absolute Gasteiger partial charge is 0.332 e. The van der Waals surface area contributed by atoms with E-state index in [9.17, 15) is 9.90 Å². The Labute approximate surface area is 120 Å². The van der Waals surface area contributed by atoms with Gasteiger partial charge in [-0.1, -0.05) is 12.1 Å². The van der Waals surface area contributed by atoms with Crippen molar-refractivity contribution in [1.82, 2.24) is 0 Å². The second-order valence-corrected chi connectivity index (χ2v) is 6.19. The van der Waals surface area contributed by atoms with Crippen molar-refractivity contribution in [3.63, 3.8) is 0 Å². The minimum Gasteiger partial charge on any atom is -0.479 e. The van der Waals surface area contributed by atoms with Crippen LogP contribution in [-0.2, 0) is 4.79 Å². The Morgan fingerprint density at radius 1 is 1.17 bits per heavy atom. The predicted molar refractivity (Wildman–Crippen MR) is 77.5 cm³/mol. The minimum absolute atomic E-state index is 0.0809. The first kappa shape index (κ1) is 13.8. The molecule has 18 heavy (non-hydrogen) atoms. The van der Waals surface area contributed by atoms with Crippen LogP contribution < -0.4 is 0 Å². The number of aliphatic hydroxyl groups excluding tert-OH is 1. The van der Waals surface area contributed by atoms with Gasteiger partial charge in [-0.25, -0.2) is 4.79 Å². The van der Waals surface area contributed by atoms with Gasteiger partial charge in [0.2, 0.25) is 0 Å². The third-order valence-electron chi connectivity index (χ3n) is 3.81. The Balaban J connectivity index is 1.94. The van der Waals surface area contributed by atoms with Gasteiger partial charge in [-0.3, -0.25) is 0 Å². The van der Waals surface area contributed by atoms with Crippen LogP contribution in [0.2, 0.25) is 0 Å². The summed E-state index contributed by atoms with van der Waals surface area (Å²) in [5.41, 5.74) is 1.33. The highest BCUT2D eigenvalue weighted by atomic mass is 127. The van der Waals surface area contributed by atoms with Crippen LogP contribution in [-0.4, -0.2) is 22.3 Å². The lowest BCUT2D eigenvalue weighted by Gasteiger charge is -2.30. The number of aliphatic carboxylic acids is 1. The maximum absolute atomic E-state index is 10.7. The zero-order valence-electron chi connectivity index (χ0n) is 10.1. The minimum atomic E-state index is -1.19. The van der Waals surface area contributed by atoms with Gasteiger partial charge in [-0.15, -0.1) is 0 Å². The highest BCUT2D eigenvalue weighted by molar-refractivity contribution is 14.1. The van der Waals surface area contributed by atoms with Gasteiger partial charge in [0.15, 0.2) is 6.10 Å². The van der Waals surface area contributed by atoms with E-state index in [1.165, 1.54) is 9.13 Å². The number of halogens is 1. The predicted octanol–water partition coefficient (Wildman–Crippen LogP) is 3.01. The van der Waals surface area contributed by atoms with Crippen LogP contribution in [0.5, 0.6) is 0 Å². The van der Waals surface area contributed by atoms with E-state index < -0.39 is 12.1 Å². The molecule has 0 aliphatic heterocycles. The number of benzene rings is 1. The molecule has 1 aliphatic carbocycles. The second kappa shape index (κ2) is 6.02. The number of rotatable bonds is 3. The molecule has 1 saturated carbocycles. The molecule has 1 aliphatic rings. The van der Waals surface area contributed by atoms with Crippen molar-refractivity contribution in [3.8, 4) is 0 Å². The first-order chi connectivity index (χ1) is 8.58. The van der Waals surface area contributed by atoms with Crippen molar-refractivity contribution in [2.75, 3.05) is 0 Å². The van der Waals surface area contributed by atoms with Gasteiger partial charge in [0, 0.05) is 3.57 Å². The van der Waals surface area contributed by atoms with E-state index in [-0.39, 0.29) is 5.92 Å². The van der Waals surface area contributed by atoms with Crippen molar-refractivity contribution in [2.45, 2.75) is 37.7 Å². The summed E-state index contributed by atoms with van der Waals surface area (Å²) >= 11 is 2.29. The highest BCUT2D eigenvalue weighted by Gasteiger charge is 2.30. The fourth-order valence-electron chi connectivity index (χ4n) is 2.70. The lowest BCUT2D eigenvalue weighted by atomic mass is 9.77. The standard InChI is InChI=1S/C14H17IO3/c15-12-7-5-10(6-8-12)9-1-3-11(4-2-9)13(16)14(17)18/h5-9,11,13,16H,1-4H2,(H,17,18). The van der Waals surface area contributed by atoms with E-state index in [1.807, 2.05) is 0 Å². The number of carboxylic acid groups (broad SMARTS) is 1. The third kappa shape index (κ3) is 3.23. The topological polar surface area (TPSA) is 57.5 Å². The monoisotopic (exact) mass is 360 g/mol. The summed E-state index contributed by atoms with van der Waals surface area (Å²) in [4.78, 5) is 10.7. The molecule has 3 nitrogen and oxygen atoms in total. The SMILES string of the molecule is O=C(O)C(O)C1CCC(c2ccc(I)cc2)CC1. The van der Waals surface area contributed by atoms with E-state index >= 15 is 0 Å². The molecule has 0 saturated heterocycles. The van der Waals surface area contributed by atoms with Gasteiger partial charge >= 0.3 is 5.97 Å². The molecule has 2 N–H and O–H groups in total. The molecule has 0 amide bonds. The van der Waals surface area contributed by atoms with Crippen molar-refractivity contribution >= 4 is 28.6 Å². The molecule has 0 heterocycles. The summed E-state index contributed by atoms with van der Waals surface area (Å²) in [5.74, 6) is -0.658. The Morgan fingerprint density at radius 2 is 1.72 bits per heavy atom. The summed E-state index contributed by atoms with van der Waals surface area (Å²) in [5, 5.41) is 18.3. The quantitative estimate of drug-likeness (QED) is 0.815. The molecule has 1 aromatic rings. The number of hydrogen-bond donors (Lipinski definition) is 2. The molecule has 2 rings (SSSR count). The molecule has 98 valence electrons. The molecule has 1 atom stereocenters. The van der Waals surface area contributed by atoms with E-state index in [0.717, 1.165) is 25.7 Å². The van der Waals surface area contributed by atoms with E-state index in [1.54, 1.807) is 0 Å². The van der Waals surface area contributed by atoms with Gasteiger partial charge in [0.05, 0.1) is 0 Å². The Hall–Kier alpha value is -0.620. The summed E-state index contributed by atoms with van der Waals surface area (Å²) in [7, 11) is 0. The average molecular weight is 360 g/mol. The van der Waals surface area contributed by atoms with Crippen LogP contribution in [0.25, 0.3) is 0 Å². The molecular weight excluding hydrogens is 343 g/mol. The average Bonchev–Trinajstić information content (AvgIpc) is 2.39. The Bertz CT molecular complexity index is 408. The van der Waals surface area contributed by atoms with Crippen LogP contribution >= 0.6 is 22.6 Å². The Morgan fingerprint density at radius 3 is 2.22 bits per heavy atom. The van der Waals surface area contributed by atoms with Crippen molar-refractivity contribution in [1.29, 1.82) is 0 Å². The normalized spacial score (nSPS) is 25.7. The first-order valence-corrected chi connectivity index (χ1v) is 7.32. The number of carboxylic acids is 1. The zero-order chi connectivity index (χ0) is 13.1. The molecule has 0 bridgehead atoms. The Kier molecular flexibility index (Phi) is 4.61. The molecular formula is C14H17IO3. The van der Waals surface area contributed by atoms with Crippen LogP contribution in [0, 0.1) is 9.49 Å². The zero-order valence-corrected chi connectivity index (χ0v) is 12.2. The number of hydrogen-bond acceptors (Lipinski definition) is 2. The molecule has 0 aromatic heterocycles. The van der Waals surface area contributed by atoms with E-state index in [4.69, 9.17) is 5.11 Å². The van der Waals surface area contributed by atoms with Crippen molar-refractivity contribution in [3.05, 3.63) is 33.4 Å². The number of aliphatic hydroxyl groups is 1. The van der Waals surface area contributed by atoms with Crippen molar-refractivity contribution in [2.24, 2.45) is 5.92 Å². The second-order valence-electron chi connectivity index (χ2n) is 4.95. The fraction of sp³-hybridized carbons (Fsp3) is 0.500. The van der Waals surface area contributed by atoms with Gasteiger partial charge in [0.25, 0.3) is 0 Å². The molecule has 1 aromatic carbocycles. The maximum Gasteiger partial charge on any atom is 0.332 e. The third-order valence-corrected chi connectivity index (χ3v) is 4.53. The number of carbonyl (C=O) groups is 1. The molecule has 1 fully saturated rings. The van der Waals surface area contributed by atoms with Crippen LogP contribution in [0.4, 0.5) is 0 Å². The molecule has 4 heteroatoms. The van der Waals surface area contributed by atoms with Crippen LogP contribution in [0.1, 0.15) is 37.2 Å². The summed E-state index contributed by atoms with van der Waals surface area (Å²) in [6, 6.07) is 8.52. The molecule has 0 spiro atoms. The first-order valence-electron chi connectivity index (χ1n) is 6.24. The largest absolute Gasteiger partial charge is 0.479 e. The molecule has 0 radical (unpaired) electrons. The van der Waals surface area contributed by atoms with E-state index in [0.29, 0.717) is 5.92 Å². The van der Waals surface area contributed by atoms with Gasteiger partial charge in [0.1, 0.15) is 0 Å². The van der Waals surface area contributed by atoms with Gasteiger partial charge in [-0.2, -0.15) is 0 Å². The lowest BCUT2D eigenvalue weighted by molar-refractivity contribution is -0.150. The van der Waals surface area contributed by atoms with Crippen LogP contribution in [0.15, 0.2) is 24.3 Å². The molecule has 1 unspecified atom stereocenters. The summed E-state index contributed by atoms with van der Waals surface area (Å²) < 4.78 is 1.23. The van der Waals surface area contributed by atoms with E-state index in [2.05, 4.69) is 46.9 Å². The van der Waals surface area contributed by atoms with Gasteiger partial charge in [-0.05, 0) is 77.8 Å². The lowest BCUT2D eigenvalue weighted by Crippen LogP contribution is -2.31. The van der Waals surface area contributed by atoms with Crippen molar-refractivity contribution < 1.29 is 15.0 Å². The maximum atomic E-state index is 10.7.